The smallest absolute Gasteiger partial charge is 0.229 e. The first-order chi connectivity index (χ1) is 8.72. The Bertz CT molecular complexity index is 530. The van der Waals surface area contributed by atoms with Gasteiger partial charge < -0.3 is 9.63 Å². The van der Waals surface area contributed by atoms with Crippen LogP contribution in [0.1, 0.15) is 36.4 Å². The highest BCUT2D eigenvalue weighted by molar-refractivity contribution is 5.06. The van der Waals surface area contributed by atoms with E-state index in [0.717, 1.165) is 23.9 Å². The Labute approximate surface area is 105 Å². The average Bonchev–Trinajstić information content (AvgIpc) is 2.85. The molecule has 0 bridgehead atoms. The van der Waals surface area contributed by atoms with Crippen molar-refractivity contribution < 1.29 is 9.63 Å². The van der Waals surface area contributed by atoms with Crippen LogP contribution in [0, 0.1) is 5.92 Å². The third-order valence-corrected chi connectivity index (χ3v) is 3.25. The maximum absolute atomic E-state index is 10.1. The molecule has 0 amide bonds. The molecule has 2 aromatic heterocycles. The molecule has 1 fully saturated rings. The fraction of sp³-hybridized carbons (Fsp3) is 0.583. The van der Waals surface area contributed by atoms with E-state index in [-0.39, 0.29) is 0 Å². The molecule has 6 heteroatoms. The van der Waals surface area contributed by atoms with Gasteiger partial charge in [-0.2, -0.15) is 10.1 Å². The van der Waals surface area contributed by atoms with E-state index in [0.29, 0.717) is 12.3 Å². The van der Waals surface area contributed by atoms with E-state index in [4.69, 9.17) is 4.52 Å². The number of rotatable bonds is 5. The minimum Gasteiger partial charge on any atom is -0.386 e. The lowest BCUT2D eigenvalue weighted by Gasteiger charge is -2.07. The Morgan fingerprint density at radius 1 is 1.56 bits per heavy atom. The molecular weight excluding hydrogens is 232 g/mol. The van der Waals surface area contributed by atoms with Crippen molar-refractivity contribution in [2.24, 2.45) is 13.0 Å². The van der Waals surface area contributed by atoms with Gasteiger partial charge in [-0.15, -0.1) is 0 Å². The number of aliphatic hydroxyl groups is 1. The summed E-state index contributed by atoms with van der Waals surface area (Å²) in [4.78, 5) is 4.30. The topological polar surface area (TPSA) is 77.0 Å². The molecule has 0 radical (unpaired) electrons. The second-order valence-corrected chi connectivity index (χ2v) is 4.85. The van der Waals surface area contributed by atoms with E-state index in [9.17, 15) is 5.11 Å². The molecule has 1 saturated carbocycles. The van der Waals surface area contributed by atoms with Crippen LogP contribution in [0.15, 0.2) is 16.8 Å². The summed E-state index contributed by atoms with van der Waals surface area (Å²) in [5.74, 6) is 1.97. The molecule has 1 aliphatic rings. The highest BCUT2D eigenvalue weighted by Gasteiger charge is 2.24. The molecule has 0 aliphatic heterocycles. The highest BCUT2D eigenvalue weighted by Crippen LogP contribution is 2.31. The summed E-state index contributed by atoms with van der Waals surface area (Å²) in [5.41, 5.74) is 0.747. The molecule has 1 N–H and O–H groups in total. The SMILES string of the molecule is Cn1nccc1C(O)Cc1nc(CC2CC2)no1. The minimum absolute atomic E-state index is 0.331. The van der Waals surface area contributed by atoms with E-state index < -0.39 is 6.10 Å². The van der Waals surface area contributed by atoms with Crippen LogP contribution in [-0.4, -0.2) is 25.0 Å². The summed E-state index contributed by atoms with van der Waals surface area (Å²) in [6.07, 6.45) is 4.75. The molecule has 18 heavy (non-hydrogen) atoms. The van der Waals surface area contributed by atoms with E-state index in [1.165, 1.54) is 12.8 Å². The second-order valence-electron chi connectivity index (χ2n) is 4.85. The van der Waals surface area contributed by atoms with Crippen molar-refractivity contribution in [1.82, 2.24) is 19.9 Å². The zero-order valence-electron chi connectivity index (χ0n) is 10.3. The monoisotopic (exact) mass is 248 g/mol. The van der Waals surface area contributed by atoms with Gasteiger partial charge in [0, 0.05) is 19.7 Å². The summed E-state index contributed by atoms with van der Waals surface area (Å²) in [7, 11) is 1.80. The molecule has 6 nitrogen and oxygen atoms in total. The van der Waals surface area contributed by atoms with Crippen LogP contribution in [0.2, 0.25) is 0 Å². The Morgan fingerprint density at radius 3 is 3.06 bits per heavy atom. The molecule has 0 spiro atoms. The largest absolute Gasteiger partial charge is 0.386 e. The summed E-state index contributed by atoms with van der Waals surface area (Å²) in [6.45, 7) is 0. The zero-order chi connectivity index (χ0) is 12.5. The molecule has 96 valence electrons. The van der Waals surface area contributed by atoms with Gasteiger partial charge in [-0.05, 0) is 24.8 Å². The van der Waals surface area contributed by atoms with Crippen molar-refractivity contribution in [2.75, 3.05) is 0 Å². The lowest BCUT2D eigenvalue weighted by Crippen LogP contribution is -2.08. The number of aromatic nitrogens is 4. The quantitative estimate of drug-likeness (QED) is 0.855. The molecule has 0 aromatic carbocycles. The fourth-order valence-corrected chi connectivity index (χ4v) is 2.02. The Balaban J connectivity index is 1.64. The van der Waals surface area contributed by atoms with Crippen molar-refractivity contribution in [3.05, 3.63) is 29.7 Å². The van der Waals surface area contributed by atoms with Crippen molar-refractivity contribution >= 4 is 0 Å². The average molecular weight is 248 g/mol. The van der Waals surface area contributed by atoms with Crippen molar-refractivity contribution in [3.63, 3.8) is 0 Å². The first-order valence-corrected chi connectivity index (χ1v) is 6.20. The normalized spacial score (nSPS) is 17.0. The van der Waals surface area contributed by atoms with Gasteiger partial charge in [-0.3, -0.25) is 4.68 Å². The maximum atomic E-state index is 10.1. The lowest BCUT2D eigenvalue weighted by atomic mass is 10.2. The Kier molecular flexibility index (Phi) is 2.87. The molecule has 2 aromatic rings. The first kappa shape index (κ1) is 11.4. The molecular formula is C12H16N4O2. The van der Waals surface area contributed by atoms with E-state index in [1.807, 2.05) is 0 Å². The number of nitrogens with zero attached hydrogens (tertiary/aromatic N) is 4. The third-order valence-electron chi connectivity index (χ3n) is 3.25. The van der Waals surface area contributed by atoms with E-state index in [1.54, 1.807) is 24.0 Å². The Morgan fingerprint density at radius 2 is 2.39 bits per heavy atom. The number of hydrogen-bond acceptors (Lipinski definition) is 5. The van der Waals surface area contributed by atoms with E-state index in [2.05, 4.69) is 15.2 Å². The van der Waals surface area contributed by atoms with Gasteiger partial charge in [0.15, 0.2) is 5.82 Å². The van der Waals surface area contributed by atoms with Gasteiger partial charge in [0.05, 0.1) is 12.1 Å². The van der Waals surface area contributed by atoms with Gasteiger partial charge in [-0.25, -0.2) is 0 Å². The number of aryl methyl sites for hydroxylation is 1. The van der Waals surface area contributed by atoms with Crippen LogP contribution in [0.4, 0.5) is 0 Å². The first-order valence-electron chi connectivity index (χ1n) is 6.20. The summed E-state index contributed by atoms with van der Waals surface area (Å²) in [5, 5.41) is 18.0. The third kappa shape index (κ3) is 2.43. The van der Waals surface area contributed by atoms with Crippen LogP contribution in [0.25, 0.3) is 0 Å². The van der Waals surface area contributed by atoms with Crippen molar-refractivity contribution in [3.8, 4) is 0 Å². The second kappa shape index (κ2) is 4.53. The molecule has 1 aliphatic carbocycles. The molecule has 1 unspecified atom stereocenters. The van der Waals surface area contributed by atoms with Crippen LogP contribution in [0.5, 0.6) is 0 Å². The van der Waals surface area contributed by atoms with Crippen molar-refractivity contribution in [2.45, 2.75) is 31.8 Å². The van der Waals surface area contributed by atoms with Gasteiger partial charge in [0.25, 0.3) is 0 Å². The van der Waals surface area contributed by atoms with Gasteiger partial charge >= 0.3 is 0 Å². The molecule has 1 atom stereocenters. The molecule has 2 heterocycles. The predicted octanol–water partition coefficient (Wildman–Crippen LogP) is 1.03. The number of hydrogen-bond donors (Lipinski definition) is 1. The van der Waals surface area contributed by atoms with Gasteiger partial charge in [0.2, 0.25) is 5.89 Å². The summed E-state index contributed by atoms with van der Waals surface area (Å²) >= 11 is 0. The maximum Gasteiger partial charge on any atom is 0.229 e. The Hall–Kier alpha value is -1.69. The number of aliphatic hydroxyl groups excluding tert-OH is 1. The van der Waals surface area contributed by atoms with Crippen LogP contribution in [0.3, 0.4) is 0 Å². The van der Waals surface area contributed by atoms with E-state index >= 15 is 0 Å². The lowest BCUT2D eigenvalue weighted by molar-refractivity contribution is 0.155. The van der Waals surface area contributed by atoms with Crippen LogP contribution in [-0.2, 0) is 19.9 Å². The molecule has 0 saturated heterocycles. The van der Waals surface area contributed by atoms with Crippen LogP contribution >= 0.6 is 0 Å². The van der Waals surface area contributed by atoms with Gasteiger partial charge in [0.1, 0.15) is 6.10 Å². The fourth-order valence-electron chi connectivity index (χ4n) is 2.02. The molecule has 3 rings (SSSR count). The summed E-state index contributed by atoms with van der Waals surface area (Å²) < 4.78 is 6.80. The van der Waals surface area contributed by atoms with Crippen LogP contribution < -0.4 is 0 Å². The highest BCUT2D eigenvalue weighted by atomic mass is 16.5. The van der Waals surface area contributed by atoms with Crippen molar-refractivity contribution in [1.29, 1.82) is 0 Å². The minimum atomic E-state index is -0.660. The van der Waals surface area contributed by atoms with Gasteiger partial charge in [-0.1, -0.05) is 5.16 Å². The predicted molar refractivity (Wildman–Crippen MR) is 62.6 cm³/mol. The summed E-state index contributed by atoms with van der Waals surface area (Å²) in [6, 6.07) is 1.78. The zero-order valence-corrected chi connectivity index (χ0v) is 10.3. The standard InChI is InChI=1S/C12H16N4O2/c1-16-9(4-5-13-16)10(17)7-12-14-11(15-18-12)6-8-2-3-8/h4-5,8,10,17H,2-3,6-7H2,1H3.